The predicted octanol–water partition coefficient (Wildman–Crippen LogP) is 3.09. The lowest BCUT2D eigenvalue weighted by Crippen LogP contribution is -2.04. The Morgan fingerprint density at radius 2 is 2.04 bits per heavy atom. The number of hydrogen-bond acceptors (Lipinski definition) is 4. The van der Waals surface area contributed by atoms with Gasteiger partial charge in [-0.15, -0.1) is 5.10 Å². The van der Waals surface area contributed by atoms with E-state index in [9.17, 15) is 14.3 Å². The van der Waals surface area contributed by atoms with Crippen molar-refractivity contribution in [3.63, 3.8) is 0 Å². The van der Waals surface area contributed by atoms with E-state index in [4.69, 9.17) is 4.74 Å². The third kappa shape index (κ3) is 2.71. The SMILES string of the molecule is COc1ccc(-n2nnc(C(=O)O)c2-c2cccc(C)c2)cc1F. The summed E-state index contributed by atoms with van der Waals surface area (Å²) in [6.07, 6.45) is 0. The van der Waals surface area contributed by atoms with Crippen LogP contribution in [0.25, 0.3) is 16.9 Å². The standard InChI is InChI=1S/C17H14FN3O3/c1-10-4-3-5-11(8-10)16-15(17(22)23)19-20-21(16)12-6-7-14(24-2)13(18)9-12/h3-9H,1-2H3,(H,22,23). The quantitative estimate of drug-likeness (QED) is 0.797. The molecule has 0 saturated carbocycles. The van der Waals surface area contributed by atoms with Gasteiger partial charge in [-0.25, -0.2) is 13.9 Å². The van der Waals surface area contributed by atoms with Crippen molar-refractivity contribution in [2.45, 2.75) is 6.92 Å². The fraction of sp³-hybridized carbons (Fsp3) is 0.118. The molecular formula is C17H14FN3O3. The van der Waals surface area contributed by atoms with Crippen LogP contribution in [0.5, 0.6) is 5.75 Å². The summed E-state index contributed by atoms with van der Waals surface area (Å²) in [6.45, 7) is 1.89. The van der Waals surface area contributed by atoms with Gasteiger partial charge in [-0.1, -0.05) is 29.0 Å². The molecule has 0 aliphatic carbocycles. The first-order valence-corrected chi connectivity index (χ1v) is 7.11. The van der Waals surface area contributed by atoms with Crippen LogP contribution in [-0.2, 0) is 0 Å². The van der Waals surface area contributed by atoms with Gasteiger partial charge in [0.25, 0.3) is 0 Å². The third-order valence-electron chi connectivity index (χ3n) is 3.54. The Kier molecular flexibility index (Phi) is 3.99. The number of aromatic nitrogens is 3. The number of rotatable bonds is 4. The molecular weight excluding hydrogens is 313 g/mol. The van der Waals surface area contributed by atoms with Gasteiger partial charge in [0.05, 0.1) is 12.8 Å². The van der Waals surface area contributed by atoms with Crippen molar-refractivity contribution in [3.8, 4) is 22.7 Å². The second-order valence-electron chi connectivity index (χ2n) is 5.19. The van der Waals surface area contributed by atoms with Crippen molar-refractivity contribution >= 4 is 5.97 Å². The highest BCUT2D eigenvalue weighted by molar-refractivity contribution is 5.93. The maximum Gasteiger partial charge on any atom is 0.358 e. The van der Waals surface area contributed by atoms with Crippen LogP contribution in [0, 0.1) is 12.7 Å². The average molecular weight is 327 g/mol. The van der Waals surface area contributed by atoms with Gasteiger partial charge in [0.15, 0.2) is 17.3 Å². The van der Waals surface area contributed by atoms with E-state index < -0.39 is 11.8 Å². The monoisotopic (exact) mass is 327 g/mol. The van der Waals surface area contributed by atoms with Crippen molar-refractivity contribution in [1.29, 1.82) is 0 Å². The number of nitrogens with zero attached hydrogens (tertiary/aromatic N) is 3. The summed E-state index contributed by atoms with van der Waals surface area (Å²) in [5.74, 6) is -1.68. The highest BCUT2D eigenvalue weighted by Crippen LogP contribution is 2.28. The van der Waals surface area contributed by atoms with Gasteiger partial charge in [-0.05, 0) is 25.1 Å². The minimum atomic E-state index is -1.20. The number of methoxy groups -OCH3 is 1. The normalized spacial score (nSPS) is 10.6. The predicted molar refractivity (Wildman–Crippen MR) is 85.0 cm³/mol. The van der Waals surface area contributed by atoms with Gasteiger partial charge in [0.2, 0.25) is 0 Å². The van der Waals surface area contributed by atoms with Gasteiger partial charge >= 0.3 is 5.97 Å². The van der Waals surface area contributed by atoms with Crippen LogP contribution in [-0.4, -0.2) is 33.2 Å². The summed E-state index contributed by atoms with van der Waals surface area (Å²) in [5, 5.41) is 17.0. The molecule has 1 heterocycles. The smallest absolute Gasteiger partial charge is 0.358 e. The van der Waals surface area contributed by atoms with Crippen LogP contribution in [0.15, 0.2) is 42.5 Å². The van der Waals surface area contributed by atoms with Crippen molar-refractivity contribution < 1.29 is 19.0 Å². The Hall–Kier alpha value is -3.22. The molecule has 0 aliphatic heterocycles. The molecule has 0 unspecified atom stereocenters. The number of halogens is 1. The maximum absolute atomic E-state index is 14.0. The second-order valence-corrected chi connectivity index (χ2v) is 5.19. The molecule has 2 aromatic carbocycles. The summed E-state index contributed by atoms with van der Waals surface area (Å²) in [6, 6.07) is 11.5. The fourth-order valence-electron chi connectivity index (χ4n) is 2.45. The summed E-state index contributed by atoms with van der Waals surface area (Å²) in [4.78, 5) is 11.5. The lowest BCUT2D eigenvalue weighted by atomic mass is 10.1. The van der Waals surface area contributed by atoms with Gasteiger partial charge in [0, 0.05) is 11.6 Å². The minimum absolute atomic E-state index is 0.0921. The van der Waals surface area contributed by atoms with Gasteiger partial charge < -0.3 is 9.84 Å². The van der Waals surface area contributed by atoms with E-state index in [2.05, 4.69) is 10.3 Å². The topological polar surface area (TPSA) is 77.2 Å². The zero-order chi connectivity index (χ0) is 17.3. The molecule has 0 radical (unpaired) electrons. The van der Waals surface area contributed by atoms with Crippen molar-refractivity contribution in [2.24, 2.45) is 0 Å². The molecule has 3 aromatic rings. The summed E-state index contributed by atoms with van der Waals surface area (Å²) in [7, 11) is 1.37. The van der Waals surface area contributed by atoms with E-state index in [0.29, 0.717) is 11.3 Å². The molecule has 0 aliphatic rings. The van der Waals surface area contributed by atoms with Gasteiger partial charge in [-0.3, -0.25) is 0 Å². The first kappa shape index (κ1) is 15.7. The highest BCUT2D eigenvalue weighted by Gasteiger charge is 2.22. The molecule has 1 N–H and O–H groups in total. The fourth-order valence-corrected chi connectivity index (χ4v) is 2.45. The van der Waals surface area contributed by atoms with Crippen molar-refractivity contribution in [2.75, 3.05) is 7.11 Å². The molecule has 24 heavy (non-hydrogen) atoms. The van der Waals surface area contributed by atoms with E-state index in [1.165, 1.54) is 23.9 Å². The number of carboxylic acids is 1. The Labute approximate surface area is 137 Å². The molecule has 7 heteroatoms. The first-order chi connectivity index (χ1) is 11.5. The molecule has 0 amide bonds. The van der Waals surface area contributed by atoms with Crippen LogP contribution >= 0.6 is 0 Å². The van der Waals surface area contributed by atoms with Crippen molar-refractivity contribution in [3.05, 3.63) is 59.5 Å². The number of aromatic carboxylic acids is 1. The van der Waals surface area contributed by atoms with E-state index in [1.807, 2.05) is 25.1 Å². The van der Waals surface area contributed by atoms with Gasteiger partial charge in [-0.2, -0.15) is 0 Å². The summed E-state index contributed by atoms with van der Waals surface area (Å²) in [5.41, 5.74) is 2.03. The van der Waals surface area contributed by atoms with Crippen LogP contribution in [0.1, 0.15) is 16.1 Å². The second kappa shape index (κ2) is 6.11. The van der Waals surface area contributed by atoms with E-state index in [0.717, 1.165) is 5.56 Å². The zero-order valence-corrected chi connectivity index (χ0v) is 13.0. The minimum Gasteiger partial charge on any atom is -0.494 e. The molecule has 3 rings (SSSR count). The Bertz CT molecular complexity index is 921. The number of ether oxygens (including phenoxy) is 1. The van der Waals surface area contributed by atoms with Gasteiger partial charge in [0.1, 0.15) is 5.69 Å². The average Bonchev–Trinajstić information content (AvgIpc) is 3.00. The van der Waals surface area contributed by atoms with Crippen LogP contribution < -0.4 is 4.74 Å². The summed E-state index contributed by atoms with van der Waals surface area (Å²) >= 11 is 0. The lowest BCUT2D eigenvalue weighted by Gasteiger charge is -2.09. The van der Waals surface area contributed by atoms with E-state index in [-0.39, 0.29) is 17.1 Å². The third-order valence-corrected chi connectivity index (χ3v) is 3.54. The molecule has 0 bridgehead atoms. The van der Waals surface area contributed by atoms with E-state index >= 15 is 0 Å². The Morgan fingerprint density at radius 1 is 1.25 bits per heavy atom. The zero-order valence-electron chi connectivity index (χ0n) is 13.0. The molecule has 0 saturated heterocycles. The first-order valence-electron chi connectivity index (χ1n) is 7.11. The summed E-state index contributed by atoms with van der Waals surface area (Å²) < 4.78 is 20.2. The molecule has 0 atom stereocenters. The Morgan fingerprint density at radius 3 is 2.67 bits per heavy atom. The van der Waals surface area contributed by atoms with Crippen molar-refractivity contribution in [1.82, 2.24) is 15.0 Å². The molecule has 122 valence electrons. The highest BCUT2D eigenvalue weighted by atomic mass is 19.1. The lowest BCUT2D eigenvalue weighted by molar-refractivity contribution is 0.0691. The largest absolute Gasteiger partial charge is 0.494 e. The maximum atomic E-state index is 14.0. The molecule has 0 spiro atoms. The van der Waals surface area contributed by atoms with Crippen LogP contribution in [0.4, 0.5) is 4.39 Å². The van der Waals surface area contributed by atoms with E-state index in [1.54, 1.807) is 12.1 Å². The number of hydrogen-bond donors (Lipinski definition) is 1. The van der Waals surface area contributed by atoms with Crippen LogP contribution in [0.3, 0.4) is 0 Å². The van der Waals surface area contributed by atoms with Crippen LogP contribution in [0.2, 0.25) is 0 Å². The molecule has 1 aromatic heterocycles. The number of carboxylic acid groups (broad SMARTS) is 1. The number of carbonyl (C=O) groups is 1. The molecule has 0 fully saturated rings. The number of benzene rings is 2. The molecule has 6 nitrogen and oxygen atoms in total. The Balaban J connectivity index is 2.22. The number of aryl methyl sites for hydroxylation is 1.